The highest BCUT2D eigenvalue weighted by Gasteiger charge is 2.49. The van der Waals surface area contributed by atoms with Gasteiger partial charge in [-0.25, -0.2) is 0 Å². The molecule has 1 heterocycles. The lowest BCUT2D eigenvalue weighted by molar-refractivity contribution is -0.131. The largest absolute Gasteiger partial charge is 0.375 e. The lowest BCUT2D eigenvalue weighted by Gasteiger charge is -2.41. The van der Waals surface area contributed by atoms with Gasteiger partial charge < -0.3 is 15.8 Å². The molecule has 3 aliphatic rings. The van der Waals surface area contributed by atoms with Crippen LogP contribution >= 0.6 is 0 Å². The SMILES string of the molecule is CCC1(CC)CC(NC(=O)C2C3CCC(C3)C2N)CCO1. The average molecular weight is 294 g/mol. The lowest BCUT2D eigenvalue weighted by Crippen LogP contribution is -2.52. The number of amides is 1. The normalized spacial score (nSPS) is 41.2. The summed E-state index contributed by atoms with van der Waals surface area (Å²) in [7, 11) is 0. The van der Waals surface area contributed by atoms with Gasteiger partial charge in [0.15, 0.2) is 0 Å². The van der Waals surface area contributed by atoms with Crippen LogP contribution in [0, 0.1) is 17.8 Å². The number of hydrogen-bond donors (Lipinski definition) is 2. The zero-order valence-corrected chi connectivity index (χ0v) is 13.4. The minimum atomic E-state index is -0.0347. The number of carbonyl (C=O) groups is 1. The van der Waals surface area contributed by atoms with Gasteiger partial charge in [-0.1, -0.05) is 13.8 Å². The molecule has 0 aromatic carbocycles. The summed E-state index contributed by atoms with van der Waals surface area (Å²) in [6.07, 6.45) is 7.50. The lowest BCUT2D eigenvalue weighted by atomic mass is 9.83. The van der Waals surface area contributed by atoms with Crippen LogP contribution < -0.4 is 11.1 Å². The number of rotatable bonds is 4. The first-order valence-electron chi connectivity index (χ1n) is 8.78. The number of nitrogens with two attached hydrogens (primary N) is 1. The van der Waals surface area contributed by atoms with Gasteiger partial charge >= 0.3 is 0 Å². The molecule has 120 valence electrons. The summed E-state index contributed by atoms with van der Waals surface area (Å²) in [6, 6.07) is 0.350. The van der Waals surface area contributed by atoms with Crippen molar-refractivity contribution < 1.29 is 9.53 Å². The summed E-state index contributed by atoms with van der Waals surface area (Å²) >= 11 is 0. The summed E-state index contributed by atoms with van der Waals surface area (Å²) in [6.45, 7) is 5.12. The number of nitrogens with one attached hydrogen (secondary N) is 1. The van der Waals surface area contributed by atoms with E-state index in [0.29, 0.717) is 11.8 Å². The maximum atomic E-state index is 12.7. The molecular formula is C17H30N2O2. The van der Waals surface area contributed by atoms with Crippen molar-refractivity contribution in [2.24, 2.45) is 23.5 Å². The van der Waals surface area contributed by atoms with Crippen LogP contribution in [0.5, 0.6) is 0 Å². The smallest absolute Gasteiger partial charge is 0.225 e. The standard InChI is InChI=1S/C17H30N2O2/c1-3-17(4-2)10-13(7-8-21-17)19-16(20)14-11-5-6-12(9-11)15(14)18/h11-15H,3-10,18H2,1-2H3,(H,19,20). The highest BCUT2D eigenvalue weighted by molar-refractivity contribution is 5.80. The number of fused-ring (bicyclic) bond motifs is 2. The van der Waals surface area contributed by atoms with Gasteiger partial charge in [0.05, 0.1) is 11.5 Å². The molecule has 2 aliphatic carbocycles. The van der Waals surface area contributed by atoms with Crippen LogP contribution in [0.1, 0.15) is 58.8 Å². The van der Waals surface area contributed by atoms with Crippen LogP contribution in [-0.2, 0) is 9.53 Å². The maximum absolute atomic E-state index is 12.7. The van der Waals surface area contributed by atoms with Gasteiger partial charge in [-0.3, -0.25) is 4.79 Å². The molecule has 4 nitrogen and oxygen atoms in total. The minimum absolute atomic E-state index is 0.0347. The first kappa shape index (κ1) is 15.3. The Hall–Kier alpha value is -0.610. The molecule has 3 rings (SSSR count). The van der Waals surface area contributed by atoms with E-state index in [9.17, 15) is 4.79 Å². The van der Waals surface area contributed by atoms with Crippen LogP contribution in [0.25, 0.3) is 0 Å². The van der Waals surface area contributed by atoms with E-state index in [4.69, 9.17) is 10.5 Å². The van der Waals surface area contributed by atoms with Gasteiger partial charge in [0, 0.05) is 18.7 Å². The first-order valence-corrected chi connectivity index (χ1v) is 8.78. The molecule has 0 aromatic rings. The van der Waals surface area contributed by atoms with Crippen molar-refractivity contribution in [3.05, 3.63) is 0 Å². The first-order chi connectivity index (χ1) is 10.1. The number of hydrogen-bond acceptors (Lipinski definition) is 3. The molecular weight excluding hydrogens is 264 g/mol. The van der Waals surface area contributed by atoms with Crippen LogP contribution in [0.2, 0.25) is 0 Å². The molecule has 0 radical (unpaired) electrons. The zero-order chi connectivity index (χ0) is 15.0. The summed E-state index contributed by atoms with van der Waals surface area (Å²) in [5.74, 6) is 1.39. The Bertz CT molecular complexity index is 392. The van der Waals surface area contributed by atoms with Crippen molar-refractivity contribution in [3.8, 4) is 0 Å². The second-order valence-corrected chi connectivity index (χ2v) is 7.37. The Morgan fingerprint density at radius 1 is 1.24 bits per heavy atom. The number of carbonyl (C=O) groups excluding carboxylic acids is 1. The molecule has 1 amide bonds. The highest BCUT2D eigenvalue weighted by atomic mass is 16.5. The molecule has 3 fully saturated rings. The monoisotopic (exact) mass is 294 g/mol. The van der Waals surface area contributed by atoms with Crippen LogP contribution in [0.4, 0.5) is 0 Å². The zero-order valence-electron chi connectivity index (χ0n) is 13.4. The minimum Gasteiger partial charge on any atom is -0.375 e. The van der Waals surface area contributed by atoms with Crippen molar-refractivity contribution in [3.63, 3.8) is 0 Å². The van der Waals surface area contributed by atoms with Crippen molar-refractivity contribution in [2.45, 2.75) is 76.5 Å². The van der Waals surface area contributed by atoms with Gasteiger partial charge in [-0.05, 0) is 56.8 Å². The van der Waals surface area contributed by atoms with Gasteiger partial charge in [0.1, 0.15) is 0 Å². The van der Waals surface area contributed by atoms with E-state index in [1.807, 2.05) is 0 Å². The van der Waals surface area contributed by atoms with Crippen molar-refractivity contribution in [1.82, 2.24) is 5.32 Å². The Balaban J connectivity index is 1.60. The maximum Gasteiger partial charge on any atom is 0.225 e. The Labute approximate surface area is 128 Å². The summed E-state index contributed by atoms with van der Waals surface area (Å²) in [5.41, 5.74) is 6.26. The molecule has 5 unspecified atom stereocenters. The Morgan fingerprint density at radius 3 is 2.57 bits per heavy atom. The van der Waals surface area contributed by atoms with E-state index in [2.05, 4.69) is 19.2 Å². The quantitative estimate of drug-likeness (QED) is 0.835. The predicted molar refractivity (Wildman–Crippen MR) is 82.7 cm³/mol. The van der Waals surface area contributed by atoms with Gasteiger partial charge in [-0.2, -0.15) is 0 Å². The van der Waals surface area contributed by atoms with Crippen molar-refractivity contribution in [2.75, 3.05) is 6.61 Å². The van der Waals surface area contributed by atoms with Gasteiger partial charge in [0.25, 0.3) is 0 Å². The molecule has 2 saturated carbocycles. The van der Waals surface area contributed by atoms with Crippen LogP contribution in [0.3, 0.4) is 0 Å². The molecule has 4 heteroatoms. The number of ether oxygens (including phenoxy) is 1. The third-order valence-corrected chi connectivity index (χ3v) is 6.41. The summed E-state index contributed by atoms with van der Waals surface area (Å²) < 4.78 is 6.00. The fourth-order valence-corrected chi connectivity index (χ4v) is 4.92. The predicted octanol–water partition coefficient (Wildman–Crippen LogP) is 2.21. The molecule has 21 heavy (non-hydrogen) atoms. The topological polar surface area (TPSA) is 64.4 Å². The summed E-state index contributed by atoms with van der Waals surface area (Å²) in [4.78, 5) is 12.7. The van der Waals surface area contributed by atoms with Crippen LogP contribution in [-0.4, -0.2) is 30.2 Å². The van der Waals surface area contributed by atoms with Crippen LogP contribution in [0.15, 0.2) is 0 Å². The second-order valence-electron chi connectivity index (χ2n) is 7.37. The molecule has 1 aliphatic heterocycles. The second kappa shape index (κ2) is 5.88. The molecule has 0 aromatic heterocycles. The summed E-state index contributed by atoms with van der Waals surface area (Å²) in [5, 5.41) is 3.30. The van der Waals surface area contributed by atoms with E-state index in [0.717, 1.165) is 32.3 Å². The third kappa shape index (κ3) is 2.72. The molecule has 2 bridgehead atoms. The van der Waals surface area contributed by atoms with E-state index < -0.39 is 0 Å². The molecule has 1 saturated heterocycles. The average Bonchev–Trinajstić information content (AvgIpc) is 3.08. The highest BCUT2D eigenvalue weighted by Crippen LogP contribution is 2.47. The van der Waals surface area contributed by atoms with Gasteiger partial charge in [0.2, 0.25) is 5.91 Å². The van der Waals surface area contributed by atoms with E-state index >= 15 is 0 Å². The molecule has 0 spiro atoms. The fraction of sp³-hybridized carbons (Fsp3) is 0.941. The Kier molecular flexibility index (Phi) is 4.28. The van der Waals surface area contributed by atoms with E-state index in [-0.39, 0.29) is 29.5 Å². The van der Waals surface area contributed by atoms with E-state index in [1.54, 1.807) is 0 Å². The molecule has 5 atom stereocenters. The van der Waals surface area contributed by atoms with Crippen molar-refractivity contribution >= 4 is 5.91 Å². The third-order valence-electron chi connectivity index (χ3n) is 6.41. The van der Waals surface area contributed by atoms with Crippen molar-refractivity contribution in [1.29, 1.82) is 0 Å². The molecule has 3 N–H and O–H groups in total. The Morgan fingerprint density at radius 2 is 1.95 bits per heavy atom. The van der Waals surface area contributed by atoms with Gasteiger partial charge in [-0.15, -0.1) is 0 Å². The van der Waals surface area contributed by atoms with E-state index in [1.165, 1.54) is 19.3 Å². The fourth-order valence-electron chi connectivity index (χ4n) is 4.92.